The van der Waals surface area contributed by atoms with E-state index in [0.29, 0.717) is 10.8 Å². The van der Waals surface area contributed by atoms with Gasteiger partial charge in [-0.3, -0.25) is 9.71 Å². The number of rotatable bonds is 6. The smallest absolute Gasteiger partial charge is 0.229 e. The van der Waals surface area contributed by atoms with E-state index in [1.807, 2.05) is 49.4 Å². The number of nitrogens with zero attached hydrogens (tertiary/aromatic N) is 3. The fourth-order valence-electron chi connectivity index (χ4n) is 5.14. The molecule has 4 aromatic rings. The van der Waals surface area contributed by atoms with Crippen LogP contribution in [-0.2, 0) is 10.0 Å². The Bertz CT molecular complexity index is 1620. The van der Waals surface area contributed by atoms with Gasteiger partial charge in [0, 0.05) is 33.4 Å². The molecule has 3 heterocycles. The summed E-state index contributed by atoms with van der Waals surface area (Å²) in [5, 5.41) is 4.10. The Labute approximate surface area is 237 Å². The van der Waals surface area contributed by atoms with Gasteiger partial charge in [0.25, 0.3) is 0 Å². The van der Waals surface area contributed by atoms with Crippen LogP contribution < -0.4 is 14.9 Å². The molecule has 0 aliphatic carbocycles. The average Bonchev–Trinajstić information content (AvgIpc) is 3.36. The van der Waals surface area contributed by atoms with Crippen molar-refractivity contribution in [1.29, 1.82) is 0 Å². The minimum absolute atomic E-state index is 0.180. The summed E-state index contributed by atoms with van der Waals surface area (Å²) in [6, 6.07) is 21.7. The lowest BCUT2D eigenvalue weighted by Crippen LogP contribution is -2.29. The molecular weight excluding hydrogens is 582 g/mol. The number of benzene rings is 2. The van der Waals surface area contributed by atoms with E-state index in [0.717, 1.165) is 50.3 Å². The average molecular weight is 611 g/mol. The highest BCUT2D eigenvalue weighted by Gasteiger charge is 2.42. The number of thiocarbonyl (C=S) groups is 1. The van der Waals surface area contributed by atoms with Gasteiger partial charge in [-0.15, -0.1) is 0 Å². The zero-order valence-corrected chi connectivity index (χ0v) is 24.7. The summed E-state index contributed by atoms with van der Waals surface area (Å²) in [7, 11) is -3.39. The van der Waals surface area contributed by atoms with E-state index in [2.05, 4.69) is 72.5 Å². The summed E-state index contributed by atoms with van der Waals surface area (Å²) in [4.78, 5) is 6.77. The fourth-order valence-corrected chi connectivity index (χ4v) is 6.37. The van der Waals surface area contributed by atoms with E-state index in [4.69, 9.17) is 12.2 Å². The SMILES string of the molecule is Cc1cc(N2C(=S)N[C@H](c3ccccn3)[C@H]2c2cc(C)n(-c3ccc(Br)cc3)c2C)ccc1NS(C)(=O)=O. The Kier molecular flexibility index (Phi) is 7.06. The number of aromatic nitrogens is 2. The van der Waals surface area contributed by atoms with Crippen LogP contribution in [0.4, 0.5) is 11.4 Å². The third-order valence-electron chi connectivity index (χ3n) is 6.76. The highest BCUT2D eigenvalue weighted by atomic mass is 79.9. The largest absolute Gasteiger partial charge is 0.351 e. The lowest BCUT2D eigenvalue weighted by molar-refractivity contribution is 0.565. The molecule has 1 saturated heterocycles. The van der Waals surface area contributed by atoms with Gasteiger partial charge in [0.1, 0.15) is 0 Å². The minimum atomic E-state index is -3.39. The molecule has 0 spiro atoms. The first-order valence-corrected chi connectivity index (χ1v) is 15.2. The van der Waals surface area contributed by atoms with Crippen molar-refractivity contribution < 1.29 is 8.42 Å². The quantitative estimate of drug-likeness (QED) is 0.257. The van der Waals surface area contributed by atoms with Gasteiger partial charge in [-0.1, -0.05) is 22.0 Å². The Balaban J connectivity index is 1.65. The van der Waals surface area contributed by atoms with Gasteiger partial charge >= 0.3 is 0 Å². The molecular formula is C28H28BrN5O2S2. The zero-order chi connectivity index (χ0) is 27.2. The topological polar surface area (TPSA) is 79.3 Å². The molecule has 7 nitrogen and oxygen atoms in total. The van der Waals surface area contributed by atoms with Gasteiger partial charge < -0.3 is 14.8 Å². The Morgan fingerprint density at radius 2 is 1.71 bits per heavy atom. The van der Waals surface area contributed by atoms with Crippen LogP contribution in [-0.4, -0.2) is 29.3 Å². The van der Waals surface area contributed by atoms with Crippen molar-refractivity contribution in [3.05, 3.63) is 106 Å². The third kappa shape index (κ3) is 5.08. The Morgan fingerprint density at radius 3 is 2.34 bits per heavy atom. The molecule has 1 fully saturated rings. The molecule has 1 aliphatic rings. The zero-order valence-electron chi connectivity index (χ0n) is 21.4. The summed E-state index contributed by atoms with van der Waals surface area (Å²) in [6.07, 6.45) is 2.94. The molecule has 2 atom stereocenters. The van der Waals surface area contributed by atoms with Crippen molar-refractivity contribution in [3.63, 3.8) is 0 Å². The number of hydrogen-bond acceptors (Lipinski definition) is 4. The summed E-state index contributed by atoms with van der Waals surface area (Å²) in [5.41, 5.74) is 7.54. The van der Waals surface area contributed by atoms with Gasteiger partial charge in [0.15, 0.2) is 5.11 Å². The molecule has 2 aromatic carbocycles. The van der Waals surface area contributed by atoms with E-state index in [-0.39, 0.29) is 12.1 Å². The van der Waals surface area contributed by atoms with Crippen molar-refractivity contribution >= 4 is 54.7 Å². The van der Waals surface area contributed by atoms with Crippen molar-refractivity contribution in [2.75, 3.05) is 15.9 Å². The highest BCUT2D eigenvalue weighted by Crippen LogP contribution is 2.44. The van der Waals surface area contributed by atoms with Gasteiger partial charge in [-0.25, -0.2) is 8.42 Å². The maximum atomic E-state index is 11.8. The van der Waals surface area contributed by atoms with Crippen molar-refractivity contribution in [1.82, 2.24) is 14.9 Å². The van der Waals surface area contributed by atoms with Crippen LogP contribution in [0.3, 0.4) is 0 Å². The van der Waals surface area contributed by atoms with Crippen molar-refractivity contribution in [2.45, 2.75) is 32.9 Å². The number of anilines is 2. The molecule has 1 aliphatic heterocycles. The van der Waals surface area contributed by atoms with Crippen LogP contribution in [0.25, 0.3) is 5.69 Å². The van der Waals surface area contributed by atoms with Gasteiger partial charge in [-0.05, 0) is 105 Å². The van der Waals surface area contributed by atoms with Crippen LogP contribution in [0.2, 0.25) is 0 Å². The lowest BCUT2D eigenvalue weighted by atomic mass is 9.96. The minimum Gasteiger partial charge on any atom is -0.351 e. The predicted molar refractivity (Wildman–Crippen MR) is 161 cm³/mol. The first kappa shape index (κ1) is 26.4. The maximum absolute atomic E-state index is 11.8. The van der Waals surface area contributed by atoms with Crippen molar-refractivity contribution in [3.8, 4) is 5.69 Å². The van der Waals surface area contributed by atoms with Crippen LogP contribution in [0.5, 0.6) is 0 Å². The van der Waals surface area contributed by atoms with Gasteiger partial charge in [0.05, 0.1) is 29.7 Å². The molecule has 38 heavy (non-hydrogen) atoms. The highest BCUT2D eigenvalue weighted by molar-refractivity contribution is 9.10. The number of pyridine rings is 1. The summed E-state index contributed by atoms with van der Waals surface area (Å²) < 4.78 is 29.5. The van der Waals surface area contributed by atoms with Crippen LogP contribution >= 0.6 is 28.1 Å². The number of sulfonamides is 1. The standard InChI is InChI=1S/C28H28BrN5O2S2/c1-17-15-22(12-13-24(17)32-38(4,35)36)34-27(26(31-28(34)37)25-7-5-6-14-30-25)23-16-18(2)33(19(23)3)21-10-8-20(29)9-11-21/h5-16,26-27,32H,1-4H3,(H,31,37)/t26-,27-/m1/s1. The van der Waals surface area contributed by atoms with E-state index < -0.39 is 10.0 Å². The monoisotopic (exact) mass is 609 g/mol. The second-order valence-corrected chi connectivity index (χ2v) is 12.6. The number of halogens is 1. The van der Waals surface area contributed by atoms with Gasteiger partial charge in [-0.2, -0.15) is 0 Å². The van der Waals surface area contributed by atoms with E-state index >= 15 is 0 Å². The predicted octanol–water partition coefficient (Wildman–Crippen LogP) is 6.11. The summed E-state index contributed by atoms with van der Waals surface area (Å²) >= 11 is 9.43. The summed E-state index contributed by atoms with van der Waals surface area (Å²) in [5.74, 6) is 0. The first-order valence-electron chi connectivity index (χ1n) is 12.1. The lowest BCUT2D eigenvalue weighted by Gasteiger charge is -2.29. The Morgan fingerprint density at radius 1 is 1.00 bits per heavy atom. The molecule has 0 saturated carbocycles. The molecule has 2 N–H and O–H groups in total. The van der Waals surface area contributed by atoms with Crippen molar-refractivity contribution in [2.24, 2.45) is 0 Å². The molecule has 0 amide bonds. The summed E-state index contributed by atoms with van der Waals surface area (Å²) in [6.45, 7) is 6.12. The molecule has 0 bridgehead atoms. The van der Waals surface area contributed by atoms with Gasteiger partial charge in [0.2, 0.25) is 10.0 Å². The third-order valence-corrected chi connectivity index (χ3v) is 8.19. The normalized spacial score (nSPS) is 17.5. The molecule has 2 aromatic heterocycles. The van der Waals surface area contributed by atoms with Crippen LogP contribution in [0, 0.1) is 20.8 Å². The molecule has 5 rings (SSSR count). The Hall–Kier alpha value is -3.21. The van der Waals surface area contributed by atoms with E-state index in [9.17, 15) is 8.42 Å². The second kappa shape index (κ2) is 10.2. The number of aryl methyl sites for hydroxylation is 2. The van der Waals surface area contributed by atoms with E-state index in [1.165, 1.54) is 0 Å². The van der Waals surface area contributed by atoms with E-state index in [1.54, 1.807) is 12.3 Å². The first-order chi connectivity index (χ1) is 18.0. The molecule has 0 unspecified atom stereocenters. The molecule has 10 heteroatoms. The maximum Gasteiger partial charge on any atom is 0.229 e. The van der Waals surface area contributed by atoms with Crippen LogP contribution in [0.1, 0.15) is 40.3 Å². The molecule has 0 radical (unpaired) electrons. The number of hydrogen-bond donors (Lipinski definition) is 2. The second-order valence-electron chi connectivity index (χ2n) is 9.51. The number of nitrogens with one attached hydrogen (secondary N) is 2. The fraction of sp³-hybridized carbons (Fsp3) is 0.214. The van der Waals surface area contributed by atoms with Crippen LogP contribution in [0.15, 0.2) is 77.4 Å². The molecule has 196 valence electrons.